The highest BCUT2D eigenvalue weighted by Gasteiger charge is 2.33. The number of anilines is 1. The van der Waals surface area contributed by atoms with Gasteiger partial charge in [0.05, 0.1) is 27.0 Å². The van der Waals surface area contributed by atoms with Crippen molar-refractivity contribution in [2.45, 2.75) is 10.7 Å². The number of halogens is 6. The van der Waals surface area contributed by atoms with Gasteiger partial charge in [0.2, 0.25) is 4.54 Å². The summed E-state index contributed by atoms with van der Waals surface area (Å²) in [5.74, 6) is 0. The Morgan fingerprint density at radius 3 is 2.26 bits per heavy atom. The van der Waals surface area contributed by atoms with Gasteiger partial charge in [-0.3, -0.25) is 0 Å². The van der Waals surface area contributed by atoms with Crippen LogP contribution in [0.2, 0.25) is 15.1 Å². The van der Waals surface area contributed by atoms with Crippen molar-refractivity contribution in [1.29, 1.82) is 5.26 Å². The van der Waals surface area contributed by atoms with Crippen molar-refractivity contribution in [3.8, 4) is 6.07 Å². The normalized spacial score (nSPS) is 17.8. The van der Waals surface area contributed by atoms with E-state index < -0.39 is 10.7 Å². The van der Waals surface area contributed by atoms with Gasteiger partial charge < -0.3 is 5.73 Å². The molecule has 1 aromatic carbocycles. The molecule has 2 atom stereocenters. The third-order valence-electron chi connectivity index (χ3n) is 2.38. The molecule has 0 aromatic heterocycles. The molecule has 2 N–H and O–H groups in total. The molecule has 0 spiro atoms. The van der Waals surface area contributed by atoms with E-state index in [2.05, 4.69) is 32.6 Å². The molecule has 12 heteroatoms. The first-order valence-corrected chi connectivity index (χ1v) is 8.73. The van der Waals surface area contributed by atoms with Gasteiger partial charge >= 0.3 is 0 Å². The van der Waals surface area contributed by atoms with E-state index in [0.717, 1.165) is 0 Å². The molecule has 1 aromatic rings. The Morgan fingerprint density at radius 1 is 1.43 bits per heavy atom. The lowest BCUT2D eigenvalue weighted by Crippen LogP contribution is -2.41. The molecule has 1 aliphatic heterocycles. The summed E-state index contributed by atoms with van der Waals surface area (Å²) in [7, 11) is 0. The predicted molar refractivity (Wildman–Crippen MR) is 97.8 cm³/mol. The highest BCUT2D eigenvalue weighted by molar-refractivity contribution is 9.10. The first-order chi connectivity index (χ1) is 10.7. The second-order valence-electron chi connectivity index (χ2n) is 3.76. The number of hydrogen-bond donors (Lipinski definition) is 1. The van der Waals surface area contributed by atoms with Crippen molar-refractivity contribution in [3.63, 3.8) is 0 Å². The lowest BCUT2D eigenvalue weighted by molar-refractivity contribution is 0.569. The van der Waals surface area contributed by atoms with Crippen LogP contribution in [0.4, 0.5) is 10.1 Å². The Kier molecular flexibility index (Phi) is 8.24. The summed E-state index contributed by atoms with van der Waals surface area (Å²) >= 11 is 24.9. The maximum absolute atomic E-state index is 11.0. The van der Waals surface area contributed by atoms with Crippen molar-refractivity contribution in [1.82, 2.24) is 0 Å². The number of nitriles is 1. The molecule has 1 heterocycles. The van der Waals surface area contributed by atoms with Gasteiger partial charge in [0.1, 0.15) is 17.1 Å². The fourth-order valence-corrected chi connectivity index (χ4v) is 2.93. The summed E-state index contributed by atoms with van der Waals surface area (Å²) in [4.78, 5) is 0.115. The molecule has 0 amide bonds. The first-order valence-electron chi connectivity index (χ1n) is 5.50. The summed E-state index contributed by atoms with van der Waals surface area (Å²) in [5.41, 5.74) is 6.12. The van der Waals surface area contributed by atoms with Crippen molar-refractivity contribution >= 4 is 89.9 Å². The smallest absolute Gasteiger partial charge is 0.227 e. The molecule has 0 aliphatic carbocycles. The Bertz CT molecular complexity index is 709. The lowest BCUT2D eigenvalue weighted by atomic mass is 10.2. The molecule has 5 nitrogen and oxygen atoms in total. The van der Waals surface area contributed by atoms with E-state index in [1.807, 2.05) is 0 Å². The minimum absolute atomic E-state index is 0.0467. The Balaban J connectivity index is 0.000000593. The number of nitrogens with two attached hydrogens (primary N) is 1. The molecule has 2 unspecified atom stereocenters. The highest BCUT2D eigenvalue weighted by Crippen LogP contribution is 2.38. The van der Waals surface area contributed by atoms with Gasteiger partial charge in [0.25, 0.3) is 0 Å². The third kappa shape index (κ3) is 5.29. The van der Waals surface area contributed by atoms with Crippen molar-refractivity contribution < 1.29 is 8.60 Å². The monoisotopic (exact) mass is 480 g/mol. The van der Waals surface area contributed by atoms with E-state index in [1.54, 1.807) is 6.07 Å². The average molecular weight is 483 g/mol. The van der Waals surface area contributed by atoms with Crippen LogP contribution in [0.25, 0.3) is 0 Å². The summed E-state index contributed by atoms with van der Waals surface area (Å²) < 4.78 is 20.3. The van der Waals surface area contributed by atoms with E-state index in [0.29, 0.717) is 10.7 Å². The highest BCUT2D eigenvalue weighted by atomic mass is 79.9. The molecule has 0 fully saturated rings. The van der Waals surface area contributed by atoms with Crippen LogP contribution < -0.4 is 10.7 Å². The van der Waals surface area contributed by atoms with Crippen LogP contribution in [0.3, 0.4) is 0 Å². The van der Waals surface area contributed by atoms with Gasteiger partial charge in [0, 0.05) is 5.02 Å². The third-order valence-corrected chi connectivity index (χ3v) is 3.79. The lowest BCUT2D eigenvalue weighted by Gasteiger charge is -2.21. The maximum atomic E-state index is 11.0. The summed E-state index contributed by atoms with van der Waals surface area (Å²) in [6.07, 6.45) is -0.895. The maximum Gasteiger partial charge on any atom is 0.227 e. The fraction of sp³-hybridized carbons (Fsp3) is 0.182. The Morgan fingerprint density at radius 2 is 1.91 bits per heavy atom. The number of nitrogens with zero attached hydrogens (tertiary/aromatic N) is 3. The number of hydrazone groups is 1. The minimum Gasteiger partial charge on any atom is -0.305 e. The topological polar surface area (TPSA) is 82.5 Å². The molecule has 23 heavy (non-hydrogen) atoms. The summed E-state index contributed by atoms with van der Waals surface area (Å²) in [5, 5.41) is 14.9. The zero-order valence-corrected chi connectivity index (χ0v) is 16.2. The zero-order chi connectivity index (χ0) is 17.7. The van der Waals surface area contributed by atoms with Crippen molar-refractivity contribution in [2.24, 2.45) is 10.8 Å². The molecule has 0 saturated carbocycles. The van der Waals surface area contributed by atoms with E-state index in [4.69, 9.17) is 45.8 Å². The zero-order valence-electron chi connectivity index (χ0n) is 10.8. The van der Waals surface area contributed by atoms with Crippen LogP contribution in [-0.4, -0.2) is 25.5 Å². The second kappa shape index (κ2) is 9.18. The van der Waals surface area contributed by atoms with Gasteiger partial charge in [-0.1, -0.05) is 46.4 Å². The number of alkyl halides is 3. The average Bonchev–Trinajstić information content (AvgIpc) is 2.73. The second-order valence-corrected chi connectivity index (χ2v) is 7.33. The predicted octanol–water partition coefficient (Wildman–Crippen LogP) is 3.89. The van der Waals surface area contributed by atoms with Gasteiger partial charge in [-0.2, -0.15) is 10.4 Å². The van der Waals surface area contributed by atoms with Crippen LogP contribution in [0, 0.1) is 11.3 Å². The van der Waals surface area contributed by atoms with Crippen LogP contribution >= 0.6 is 62.3 Å². The molecular formula is C11H6BrCl4FN4OS. The largest absolute Gasteiger partial charge is 0.305 e. The van der Waals surface area contributed by atoms with E-state index in [1.165, 1.54) is 17.1 Å². The summed E-state index contributed by atoms with van der Waals surface area (Å²) in [6.45, 7) is 0. The quantitative estimate of drug-likeness (QED) is 0.486. The Labute approximate surface area is 162 Å². The molecule has 0 saturated heterocycles. The molecule has 124 valence electrons. The SMILES string of the molecule is FC(Cl)Br.N#CC1=NN(c2c(Cl)cc(Cl)cc2Cl)C(N)C1=S=O. The number of benzene rings is 1. The van der Waals surface area contributed by atoms with Crippen molar-refractivity contribution in [3.05, 3.63) is 27.2 Å². The van der Waals surface area contributed by atoms with Gasteiger partial charge in [-0.25, -0.2) is 13.6 Å². The van der Waals surface area contributed by atoms with Gasteiger partial charge in [0.15, 0.2) is 5.71 Å². The van der Waals surface area contributed by atoms with Gasteiger partial charge in [-0.05, 0) is 28.1 Å². The van der Waals surface area contributed by atoms with E-state index in [9.17, 15) is 8.60 Å². The van der Waals surface area contributed by atoms with Crippen LogP contribution in [0.5, 0.6) is 0 Å². The summed E-state index contributed by atoms with van der Waals surface area (Å²) in [6, 6.07) is 4.75. The fourth-order valence-electron chi connectivity index (χ4n) is 1.58. The minimum atomic E-state index is -1.38. The molecule has 2 rings (SSSR count). The van der Waals surface area contributed by atoms with E-state index >= 15 is 0 Å². The molecular weight excluding hydrogens is 477 g/mol. The van der Waals surface area contributed by atoms with Crippen LogP contribution in [0.1, 0.15) is 0 Å². The van der Waals surface area contributed by atoms with Gasteiger partial charge in [-0.15, -0.1) is 0 Å². The van der Waals surface area contributed by atoms with Crippen molar-refractivity contribution in [2.75, 3.05) is 5.01 Å². The standard InChI is InChI=1S/C10H5Cl3N4OS.CHBrClF/c11-4-1-5(12)8(6(13)2-4)17-10(15)9(19-18)7(3-14)16-17;2-1(3)4/h1-2,10H,15H2;1H. The van der Waals surface area contributed by atoms with E-state index in [-0.39, 0.29) is 31.9 Å². The Hall–Kier alpha value is -0.400. The molecule has 0 radical (unpaired) electrons. The van der Waals surface area contributed by atoms with Crippen LogP contribution in [-0.2, 0) is 11.3 Å². The molecule has 1 aliphatic rings. The first kappa shape index (κ1) is 20.6. The molecule has 0 bridgehead atoms. The number of hydrogen-bond acceptors (Lipinski definition) is 5. The number of rotatable bonds is 1. The van der Waals surface area contributed by atoms with Crippen LogP contribution in [0.15, 0.2) is 17.2 Å².